The van der Waals surface area contributed by atoms with Crippen LogP contribution in [-0.2, 0) is 32.5 Å². The largest absolute Gasteiger partial charge is 0.344 e. The monoisotopic (exact) mass is 381 g/mol. The van der Waals surface area contributed by atoms with Crippen LogP contribution in [0.25, 0.3) is 10.9 Å². The summed E-state index contributed by atoms with van der Waals surface area (Å²) in [5, 5.41) is 1.41. The molecule has 0 aliphatic carbocycles. The van der Waals surface area contributed by atoms with Gasteiger partial charge in [0.15, 0.2) is 0 Å². The molecule has 1 aliphatic heterocycles. The number of aromatic nitrogens is 2. The van der Waals surface area contributed by atoms with Crippen molar-refractivity contribution in [3.05, 3.63) is 102 Å². The maximum absolute atomic E-state index is 4.52. The van der Waals surface area contributed by atoms with E-state index < -0.39 is 0 Å². The molecule has 0 spiro atoms. The van der Waals surface area contributed by atoms with Crippen molar-refractivity contribution in [2.75, 3.05) is 0 Å². The number of nitrogens with zero attached hydrogens (tertiary/aromatic N) is 3. The molecule has 1 unspecified atom stereocenters. The van der Waals surface area contributed by atoms with Gasteiger partial charge in [0, 0.05) is 67.0 Å². The molecule has 3 heterocycles. The van der Waals surface area contributed by atoms with Crippen LogP contribution in [0.3, 0.4) is 0 Å². The third kappa shape index (κ3) is 3.58. The fraction of sp³-hybridized carbons (Fsp3) is 0.269. The molecule has 0 fully saturated rings. The van der Waals surface area contributed by atoms with E-state index in [2.05, 4.69) is 88.1 Å². The maximum atomic E-state index is 4.52. The van der Waals surface area contributed by atoms with Gasteiger partial charge in [-0.3, -0.25) is 9.88 Å². The molecule has 2 aromatic heterocycles. The van der Waals surface area contributed by atoms with Gasteiger partial charge in [-0.15, -0.1) is 0 Å². The number of hydrogen-bond acceptors (Lipinski definition) is 2. The van der Waals surface area contributed by atoms with E-state index in [1.54, 1.807) is 0 Å². The summed E-state index contributed by atoms with van der Waals surface area (Å²) in [6.45, 7) is 5.38. The molecule has 0 N–H and O–H groups in total. The van der Waals surface area contributed by atoms with E-state index in [0.29, 0.717) is 6.04 Å². The lowest BCUT2D eigenvalue weighted by Gasteiger charge is -2.34. The van der Waals surface area contributed by atoms with Crippen LogP contribution >= 0.6 is 0 Å². The summed E-state index contributed by atoms with van der Waals surface area (Å²) in [5.41, 5.74) is 6.94. The normalized spacial score (nSPS) is 16.8. The van der Waals surface area contributed by atoms with Crippen molar-refractivity contribution in [2.24, 2.45) is 0 Å². The summed E-state index contributed by atoms with van der Waals surface area (Å²) < 4.78 is 2.55. The lowest BCUT2D eigenvalue weighted by molar-refractivity contribution is 0.173. The zero-order valence-corrected chi connectivity index (χ0v) is 17.0. The molecular weight excluding hydrogens is 354 g/mol. The Morgan fingerprint density at radius 1 is 0.931 bits per heavy atom. The van der Waals surface area contributed by atoms with Gasteiger partial charge in [-0.1, -0.05) is 54.6 Å². The van der Waals surface area contributed by atoms with E-state index in [1.807, 2.05) is 12.3 Å². The number of fused-ring (bicyclic) bond motifs is 3. The molecule has 3 nitrogen and oxygen atoms in total. The Morgan fingerprint density at radius 3 is 2.55 bits per heavy atom. The summed E-state index contributed by atoms with van der Waals surface area (Å²) in [5.74, 6) is 0. The van der Waals surface area contributed by atoms with Crippen LogP contribution in [-0.4, -0.2) is 20.5 Å². The van der Waals surface area contributed by atoms with E-state index in [9.17, 15) is 0 Å². The van der Waals surface area contributed by atoms with E-state index in [-0.39, 0.29) is 0 Å². The van der Waals surface area contributed by atoms with Crippen molar-refractivity contribution >= 4 is 10.9 Å². The third-order valence-corrected chi connectivity index (χ3v) is 6.21. The summed E-state index contributed by atoms with van der Waals surface area (Å²) in [6, 6.07) is 26.5. The van der Waals surface area contributed by atoms with Crippen LogP contribution in [0.2, 0.25) is 0 Å². The summed E-state index contributed by atoms with van der Waals surface area (Å²) >= 11 is 0. The molecule has 3 heteroatoms. The number of benzene rings is 2. The highest BCUT2D eigenvalue weighted by atomic mass is 15.2. The molecule has 0 radical (unpaired) electrons. The molecule has 0 saturated heterocycles. The molecule has 5 rings (SSSR count). The molecule has 0 saturated carbocycles. The molecular formula is C26H27N3. The highest BCUT2D eigenvalue weighted by Gasteiger charge is 2.28. The molecule has 0 bridgehead atoms. The Hall–Kier alpha value is -2.91. The fourth-order valence-corrected chi connectivity index (χ4v) is 4.66. The second-order valence-electron chi connectivity index (χ2n) is 8.11. The van der Waals surface area contributed by atoms with Gasteiger partial charge in [0.05, 0.1) is 0 Å². The van der Waals surface area contributed by atoms with E-state index in [1.165, 1.54) is 27.7 Å². The summed E-state index contributed by atoms with van der Waals surface area (Å²) in [4.78, 5) is 7.14. The molecule has 29 heavy (non-hydrogen) atoms. The second kappa shape index (κ2) is 7.84. The Morgan fingerprint density at radius 2 is 1.72 bits per heavy atom. The minimum Gasteiger partial charge on any atom is -0.344 e. The minimum atomic E-state index is 0.528. The van der Waals surface area contributed by atoms with E-state index in [0.717, 1.165) is 38.2 Å². The van der Waals surface area contributed by atoms with Crippen molar-refractivity contribution in [1.82, 2.24) is 14.5 Å². The van der Waals surface area contributed by atoms with Gasteiger partial charge in [0.2, 0.25) is 0 Å². The predicted molar refractivity (Wildman–Crippen MR) is 119 cm³/mol. The molecule has 1 atom stereocenters. The third-order valence-electron chi connectivity index (χ3n) is 6.21. The van der Waals surface area contributed by atoms with Gasteiger partial charge in [0.25, 0.3) is 0 Å². The van der Waals surface area contributed by atoms with Crippen LogP contribution in [0.15, 0.2) is 79.0 Å². The lowest BCUT2D eigenvalue weighted by atomic mass is 9.98. The predicted octanol–water partition coefficient (Wildman–Crippen LogP) is 5.23. The van der Waals surface area contributed by atoms with Crippen LogP contribution in [0.5, 0.6) is 0 Å². The molecule has 2 aromatic carbocycles. The minimum absolute atomic E-state index is 0.528. The number of hydrogen-bond donors (Lipinski definition) is 0. The first-order valence-corrected chi connectivity index (χ1v) is 10.6. The van der Waals surface area contributed by atoms with Gasteiger partial charge in [-0.25, -0.2) is 0 Å². The zero-order valence-electron chi connectivity index (χ0n) is 17.0. The lowest BCUT2D eigenvalue weighted by Crippen LogP contribution is -2.38. The SMILES string of the molecule is CC1Cc2c(c3ccccc3n2CCc2ccccn2)CN1Cc1ccccc1. The van der Waals surface area contributed by atoms with Crippen molar-refractivity contribution in [3.8, 4) is 0 Å². The van der Waals surface area contributed by atoms with Crippen molar-refractivity contribution in [1.29, 1.82) is 0 Å². The Kier molecular flexibility index (Phi) is 4.91. The van der Waals surface area contributed by atoms with Crippen LogP contribution < -0.4 is 0 Å². The highest BCUT2D eigenvalue weighted by Crippen LogP contribution is 2.33. The zero-order chi connectivity index (χ0) is 19.6. The number of rotatable bonds is 5. The number of pyridine rings is 1. The Balaban J connectivity index is 1.47. The van der Waals surface area contributed by atoms with E-state index >= 15 is 0 Å². The Labute approximate surface area is 172 Å². The smallest absolute Gasteiger partial charge is 0.0486 e. The van der Waals surface area contributed by atoms with Crippen LogP contribution in [0.1, 0.15) is 29.4 Å². The maximum Gasteiger partial charge on any atom is 0.0486 e. The van der Waals surface area contributed by atoms with Crippen molar-refractivity contribution < 1.29 is 0 Å². The average Bonchev–Trinajstić information content (AvgIpc) is 3.06. The molecule has 0 amide bonds. The van der Waals surface area contributed by atoms with E-state index in [4.69, 9.17) is 0 Å². The quantitative estimate of drug-likeness (QED) is 0.472. The van der Waals surface area contributed by atoms with Crippen LogP contribution in [0, 0.1) is 0 Å². The van der Waals surface area contributed by atoms with Crippen LogP contribution in [0.4, 0.5) is 0 Å². The topological polar surface area (TPSA) is 21.1 Å². The van der Waals surface area contributed by atoms with Gasteiger partial charge in [-0.2, -0.15) is 0 Å². The first kappa shape index (κ1) is 18.1. The first-order chi connectivity index (χ1) is 14.3. The van der Waals surface area contributed by atoms with Gasteiger partial charge in [-0.05, 0) is 36.2 Å². The highest BCUT2D eigenvalue weighted by molar-refractivity contribution is 5.85. The van der Waals surface area contributed by atoms with Gasteiger partial charge in [0.1, 0.15) is 0 Å². The van der Waals surface area contributed by atoms with Gasteiger partial charge >= 0.3 is 0 Å². The average molecular weight is 382 g/mol. The van der Waals surface area contributed by atoms with Gasteiger partial charge < -0.3 is 4.57 Å². The Bertz CT molecular complexity index is 1100. The van der Waals surface area contributed by atoms with Crippen molar-refractivity contribution in [3.63, 3.8) is 0 Å². The standard InChI is InChI=1S/C26H27N3/c1-20-17-26-24(19-28(20)18-21-9-3-2-4-10-21)23-12-5-6-13-25(23)29(26)16-14-22-11-7-8-15-27-22/h2-13,15,20H,14,16-19H2,1H3. The number of aryl methyl sites for hydroxylation is 2. The summed E-state index contributed by atoms with van der Waals surface area (Å²) in [6.07, 6.45) is 3.95. The fourth-order valence-electron chi connectivity index (χ4n) is 4.66. The molecule has 146 valence electrons. The molecule has 4 aromatic rings. The first-order valence-electron chi connectivity index (χ1n) is 10.6. The van der Waals surface area contributed by atoms with Crippen molar-refractivity contribution in [2.45, 2.75) is 45.4 Å². The molecule has 1 aliphatic rings. The number of para-hydroxylation sites is 1. The second-order valence-corrected chi connectivity index (χ2v) is 8.11. The summed E-state index contributed by atoms with van der Waals surface area (Å²) in [7, 11) is 0.